The number of amides is 1. The number of nitrogens with one attached hydrogen (secondary N) is 1. The predicted molar refractivity (Wildman–Crippen MR) is 73.6 cm³/mol. The van der Waals surface area contributed by atoms with Crippen molar-refractivity contribution in [2.45, 2.75) is 32.7 Å². The highest BCUT2D eigenvalue weighted by molar-refractivity contribution is 6.52. The molecule has 1 heterocycles. The van der Waals surface area contributed by atoms with E-state index in [0.29, 0.717) is 18.2 Å². The van der Waals surface area contributed by atoms with Gasteiger partial charge in [-0.2, -0.15) is 0 Å². The smallest absolute Gasteiger partial charge is 0.299 e. The van der Waals surface area contributed by atoms with Crippen LogP contribution in [0, 0.1) is 13.8 Å². The van der Waals surface area contributed by atoms with Gasteiger partial charge in [0, 0.05) is 19.1 Å². The first-order valence-electron chi connectivity index (χ1n) is 6.79. The minimum absolute atomic E-state index is 0.362. The van der Waals surface area contributed by atoms with Gasteiger partial charge in [0.15, 0.2) is 0 Å². The molecule has 0 aromatic heterocycles. The molecule has 0 spiro atoms. The molecule has 1 aliphatic carbocycles. The lowest BCUT2D eigenvalue weighted by atomic mass is 10.0. The molecule has 2 aliphatic rings. The van der Waals surface area contributed by atoms with Crippen LogP contribution in [0.25, 0.3) is 0 Å². The first-order valence-corrected chi connectivity index (χ1v) is 6.79. The van der Waals surface area contributed by atoms with Crippen molar-refractivity contribution in [3.05, 3.63) is 28.8 Å². The molecular weight excluding hydrogens is 240 g/mol. The van der Waals surface area contributed by atoms with Gasteiger partial charge >= 0.3 is 0 Å². The van der Waals surface area contributed by atoms with E-state index in [1.54, 1.807) is 4.90 Å². The summed E-state index contributed by atoms with van der Waals surface area (Å²) in [7, 11) is 0. The van der Waals surface area contributed by atoms with Crippen molar-refractivity contribution in [2.24, 2.45) is 0 Å². The fourth-order valence-corrected chi connectivity index (χ4v) is 2.68. The molecule has 1 amide bonds. The van der Waals surface area contributed by atoms with E-state index >= 15 is 0 Å². The van der Waals surface area contributed by atoms with Gasteiger partial charge in [0.25, 0.3) is 11.7 Å². The summed E-state index contributed by atoms with van der Waals surface area (Å²) in [5.74, 6) is -0.750. The number of benzene rings is 1. The van der Waals surface area contributed by atoms with Crippen LogP contribution in [0.4, 0.5) is 5.69 Å². The molecule has 1 fully saturated rings. The number of Topliss-reactive ketones (excluding diaryl/α,β-unsaturated/α-hetero) is 1. The summed E-state index contributed by atoms with van der Waals surface area (Å²) in [6.07, 6.45) is 2.45. The quantitative estimate of drug-likeness (QED) is 0.834. The van der Waals surface area contributed by atoms with E-state index in [2.05, 4.69) is 5.32 Å². The predicted octanol–water partition coefficient (Wildman–Crippen LogP) is 1.58. The van der Waals surface area contributed by atoms with E-state index in [0.717, 1.165) is 23.4 Å². The summed E-state index contributed by atoms with van der Waals surface area (Å²) in [6.45, 7) is 5.19. The maximum atomic E-state index is 12.1. The van der Waals surface area contributed by atoms with E-state index in [4.69, 9.17) is 0 Å². The van der Waals surface area contributed by atoms with Crippen LogP contribution in [-0.2, 0) is 4.79 Å². The molecule has 0 saturated heterocycles. The second kappa shape index (κ2) is 4.46. The number of nitrogens with zero attached hydrogens (tertiary/aromatic N) is 1. The van der Waals surface area contributed by atoms with Crippen molar-refractivity contribution in [3.8, 4) is 0 Å². The molecule has 3 rings (SSSR count). The Balaban J connectivity index is 1.85. The Bertz CT molecular complexity index is 562. The van der Waals surface area contributed by atoms with Gasteiger partial charge in [-0.25, -0.2) is 0 Å². The number of carbonyl (C=O) groups is 2. The molecule has 0 radical (unpaired) electrons. The molecule has 1 N–H and O–H groups in total. The maximum Gasteiger partial charge on any atom is 0.299 e. The summed E-state index contributed by atoms with van der Waals surface area (Å²) >= 11 is 0. The fourth-order valence-electron chi connectivity index (χ4n) is 2.68. The van der Waals surface area contributed by atoms with E-state index in [9.17, 15) is 9.59 Å². The van der Waals surface area contributed by atoms with Crippen molar-refractivity contribution >= 4 is 17.4 Å². The molecule has 4 heteroatoms. The molecule has 1 aliphatic heterocycles. The summed E-state index contributed by atoms with van der Waals surface area (Å²) < 4.78 is 0. The molecular formula is C15H18N2O2. The average molecular weight is 258 g/mol. The number of hydrogen-bond acceptors (Lipinski definition) is 3. The van der Waals surface area contributed by atoms with E-state index in [1.807, 2.05) is 26.0 Å². The summed E-state index contributed by atoms with van der Waals surface area (Å²) in [6, 6.07) is 4.50. The van der Waals surface area contributed by atoms with Crippen LogP contribution in [0.1, 0.15) is 34.3 Å². The van der Waals surface area contributed by atoms with Crippen molar-refractivity contribution in [1.29, 1.82) is 0 Å². The lowest BCUT2D eigenvalue weighted by molar-refractivity contribution is -0.114. The fraction of sp³-hybridized carbons (Fsp3) is 0.467. The number of rotatable bonds is 4. The number of anilines is 1. The van der Waals surface area contributed by atoms with Gasteiger partial charge < -0.3 is 10.2 Å². The second-order valence-corrected chi connectivity index (χ2v) is 5.49. The Kier molecular flexibility index (Phi) is 2.90. The molecule has 19 heavy (non-hydrogen) atoms. The van der Waals surface area contributed by atoms with E-state index in [-0.39, 0.29) is 11.7 Å². The lowest BCUT2D eigenvalue weighted by Gasteiger charge is -2.17. The normalized spacial score (nSPS) is 18.1. The number of ketones is 1. The Hall–Kier alpha value is -1.68. The zero-order chi connectivity index (χ0) is 13.6. The monoisotopic (exact) mass is 258 g/mol. The zero-order valence-corrected chi connectivity index (χ0v) is 11.3. The van der Waals surface area contributed by atoms with Gasteiger partial charge in [-0.3, -0.25) is 9.59 Å². The largest absolute Gasteiger partial charge is 0.312 e. The van der Waals surface area contributed by atoms with Gasteiger partial charge in [0.05, 0.1) is 11.3 Å². The molecule has 1 saturated carbocycles. The topological polar surface area (TPSA) is 49.4 Å². The number of carbonyl (C=O) groups excluding carboxylic acids is 2. The lowest BCUT2D eigenvalue weighted by Crippen LogP contribution is -2.36. The molecule has 1 aromatic rings. The Labute approximate surface area is 112 Å². The third kappa shape index (κ3) is 2.16. The number of aryl methyl sites for hydroxylation is 2. The van der Waals surface area contributed by atoms with E-state index < -0.39 is 0 Å². The molecule has 0 unspecified atom stereocenters. The second-order valence-electron chi connectivity index (χ2n) is 5.49. The van der Waals surface area contributed by atoms with Gasteiger partial charge in [-0.05, 0) is 43.9 Å². The van der Waals surface area contributed by atoms with Crippen LogP contribution in [0.5, 0.6) is 0 Å². The Morgan fingerprint density at radius 1 is 1.26 bits per heavy atom. The zero-order valence-electron chi connectivity index (χ0n) is 11.3. The van der Waals surface area contributed by atoms with Crippen LogP contribution in [0.2, 0.25) is 0 Å². The van der Waals surface area contributed by atoms with Gasteiger partial charge in [0.2, 0.25) is 0 Å². The standard InChI is InChI=1S/C15H18N2O2/c1-9-7-10(2)13-12(8-9)17(15(19)14(13)18)6-5-16-11-3-4-11/h7-8,11,16H,3-6H2,1-2H3. The van der Waals surface area contributed by atoms with Crippen LogP contribution in [0.15, 0.2) is 12.1 Å². The Morgan fingerprint density at radius 3 is 2.68 bits per heavy atom. The van der Waals surface area contributed by atoms with Crippen molar-refractivity contribution < 1.29 is 9.59 Å². The highest BCUT2D eigenvalue weighted by Crippen LogP contribution is 2.32. The van der Waals surface area contributed by atoms with E-state index in [1.165, 1.54) is 12.8 Å². The third-order valence-corrected chi connectivity index (χ3v) is 3.76. The molecule has 0 bridgehead atoms. The van der Waals surface area contributed by atoms with Crippen LogP contribution >= 0.6 is 0 Å². The molecule has 4 nitrogen and oxygen atoms in total. The van der Waals surface area contributed by atoms with Crippen molar-refractivity contribution in [2.75, 3.05) is 18.0 Å². The summed E-state index contributed by atoms with van der Waals surface area (Å²) in [5.41, 5.74) is 3.34. The first-order chi connectivity index (χ1) is 9.08. The molecule has 1 aromatic carbocycles. The molecule has 100 valence electrons. The van der Waals surface area contributed by atoms with Crippen molar-refractivity contribution in [1.82, 2.24) is 5.32 Å². The average Bonchev–Trinajstić information content (AvgIpc) is 3.12. The minimum Gasteiger partial charge on any atom is -0.312 e. The maximum absolute atomic E-state index is 12.1. The van der Waals surface area contributed by atoms with Crippen molar-refractivity contribution in [3.63, 3.8) is 0 Å². The molecule has 0 atom stereocenters. The van der Waals surface area contributed by atoms with Gasteiger partial charge in [-0.15, -0.1) is 0 Å². The SMILES string of the molecule is Cc1cc(C)c2c(c1)N(CCNC1CC1)C(=O)C2=O. The van der Waals surface area contributed by atoms with Crippen LogP contribution in [0.3, 0.4) is 0 Å². The Morgan fingerprint density at radius 2 is 2.00 bits per heavy atom. The van der Waals surface area contributed by atoms with Crippen LogP contribution < -0.4 is 10.2 Å². The summed E-state index contributed by atoms with van der Waals surface area (Å²) in [5, 5.41) is 3.37. The first kappa shape index (κ1) is 12.4. The van der Waals surface area contributed by atoms with Crippen LogP contribution in [-0.4, -0.2) is 30.8 Å². The van der Waals surface area contributed by atoms with Gasteiger partial charge in [-0.1, -0.05) is 6.07 Å². The number of fused-ring (bicyclic) bond motifs is 1. The van der Waals surface area contributed by atoms with Gasteiger partial charge in [0.1, 0.15) is 0 Å². The summed E-state index contributed by atoms with van der Waals surface area (Å²) in [4.78, 5) is 25.7. The number of hydrogen-bond donors (Lipinski definition) is 1. The minimum atomic E-state index is -0.388. The third-order valence-electron chi connectivity index (χ3n) is 3.76. The highest BCUT2D eigenvalue weighted by Gasteiger charge is 2.37. The highest BCUT2D eigenvalue weighted by atomic mass is 16.2.